The molecule has 1 aromatic carbocycles. The van der Waals surface area contributed by atoms with Crippen molar-refractivity contribution in [2.75, 3.05) is 0 Å². The number of hydrogen-bond acceptors (Lipinski definition) is 1. The van der Waals surface area contributed by atoms with E-state index in [1.807, 2.05) is 0 Å². The zero-order valence-electron chi connectivity index (χ0n) is 8.18. The van der Waals surface area contributed by atoms with E-state index in [2.05, 4.69) is 0 Å². The van der Waals surface area contributed by atoms with Crippen LogP contribution in [0.4, 0.5) is 22.0 Å². The quantitative estimate of drug-likeness (QED) is 0.654. The third-order valence-electron chi connectivity index (χ3n) is 2.20. The summed E-state index contributed by atoms with van der Waals surface area (Å²) in [7, 11) is 0. The summed E-state index contributed by atoms with van der Waals surface area (Å²) >= 11 is 0.752. The lowest BCUT2D eigenvalue weighted by atomic mass is 10.0. The Balaban J connectivity index is 2.66. The zero-order chi connectivity index (χ0) is 12.6. The van der Waals surface area contributed by atoms with Crippen LogP contribution in [0.1, 0.15) is 5.56 Å². The third-order valence-corrected chi connectivity index (χ3v) is 2.94. The highest BCUT2D eigenvalue weighted by atomic mass is 32.1. The Morgan fingerprint density at radius 3 is 2.06 bits per heavy atom. The van der Waals surface area contributed by atoms with E-state index in [1.165, 1.54) is 0 Å². The van der Waals surface area contributed by atoms with Crippen LogP contribution in [0.3, 0.4) is 0 Å². The van der Waals surface area contributed by atoms with Gasteiger partial charge < -0.3 is 0 Å². The summed E-state index contributed by atoms with van der Waals surface area (Å²) in [4.78, 5) is 0. The molecule has 0 aliphatic carbocycles. The van der Waals surface area contributed by atoms with E-state index in [0.29, 0.717) is 0 Å². The molecular formula is C11H5F5S. The SMILES string of the molecule is Fc1cccc(F)c1-c1cscc1C(F)(F)F. The minimum absolute atomic E-state index is 0.460. The minimum Gasteiger partial charge on any atom is -0.206 e. The Hall–Kier alpha value is -1.43. The number of alkyl halides is 3. The molecule has 0 nitrogen and oxygen atoms in total. The summed E-state index contributed by atoms with van der Waals surface area (Å²) in [6.45, 7) is 0. The maximum Gasteiger partial charge on any atom is 0.417 e. The number of hydrogen-bond donors (Lipinski definition) is 0. The molecule has 0 amide bonds. The van der Waals surface area contributed by atoms with Crippen molar-refractivity contribution in [3.05, 3.63) is 46.2 Å². The lowest BCUT2D eigenvalue weighted by Crippen LogP contribution is -2.05. The molecule has 2 rings (SSSR count). The number of rotatable bonds is 1. The maximum atomic E-state index is 13.4. The first-order valence-electron chi connectivity index (χ1n) is 4.49. The molecule has 0 saturated heterocycles. The molecule has 90 valence electrons. The van der Waals surface area contributed by atoms with Gasteiger partial charge in [-0.2, -0.15) is 24.5 Å². The number of benzene rings is 1. The van der Waals surface area contributed by atoms with E-state index < -0.39 is 34.5 Å². The summed E-state index contributed by atoms with van der Waals surface area (Å²) < 4.78 is 64.5. The number of halogens is 5. The van der Waals surface area contributed by atoms with E-state index in [0.717, 1.165) is 40.3 Å². The molecular weight excluding hydrogens is 259 g/mol. The van der Waals surface area contributed by atoms with Gasteiger partial charge in [0.05, 0.1) is 11.1 Å². The molecule has 6 heteroatoms. The molecule has 0 spiro atoms. The Bertz CT molecular complexity index is 521. The Kier molecular flexibility index (Phi) is 2.91. The maximum absolute atomic E-state index is 13.4. The van der Waals surface area contributed by atoms with Crippen molar-refractivity contribution in [3.8, 4) is 11.1 Å². The summed E-state index contributed by atoms with van der Waals surface area (Å²) in [6, 6.07) is 2.96. The molecule has 0 fully saturated rings. The van der Waals surface area contributed by atoms with Crippen LogP contribution < -0.4 is 0 Å². The van der Waals surface area contributed by atoms with Crippen molar-refractivity contribution >= 4 is 11.3 Å². The molecule has 0 bridgehead atoms. The highest BCUT2D eigenvalue weighted by Crippen LogP contribution is 2.40. The second kappa shape index (κ2) is 4.10. The fourth-order valence-corrected chi connectivity index (χ4v) is 2.31. The van der Waals surface area contributed by atoms with Gasteiger partial charge in [-0.15, -0.1) is 0 Å². The van der Waals surface area contributed by atoms with Gasteiger partial charge in [0.2, 0.25) is 0 Å². The molecule has 1 heterocycles. The van der Waals surface area contributed by atoms with E-state index >= 15 is 0 Å². The second-order valence-electron chi connectivity index (χ2n) is 3.29. The predicted molar refractivity (Wildman–Crippen MR) is 54.7 cm³/mol. The monoisotopic (exact) mass is 264 g/mol. The molecule has 0 unspecified atom stereocenters. The molecule has 17 heavy (non-hydrogen) atoms. The van der Waals surface area contributed by atoms with Gasteiger partial charge in [-0.3, -0.25) is 0 Å². The molecule has 0 aliphatic heterocycles. The molecule has 0 radical (unpaired) electrons. The summed E-state index contributed by atoms with van der Waals surface area (Å²) in [5.41, 5.74) is -2.12. The second-order valence-corrected chi connectivity index (χ2v) is 4.04. The minimum atomic E-state index is -4.62. The van der Waals surface area contributed by atoms with Crippen molar-refractivity contribution in [1.29, 1.82) is 0 Å². The van der Waals surface area contributed by atoms with Crippen molar-refractivity contribution in [3.63, 3.8) is 0 Å². The van der Waals surface area contributed by atoms with Gasteiger partial charge in [0.25, 0.3) is 0 Å². The largest absolute Gasteiger partial charge is 0.417 e. The highest BCUT2D eigenvalue weighted by molar-refractivity contribution is 7.08. The molecule has 0 atom stereocenters. The normalized spacial score (nSPS) is 11.8. The van der Waals surface area contributed by atoms with Crippen molar-refractivity contribution in [2.45, 2.75) is 6.18 Å². The Morgan fingerprint density at radius 2 is 1.53 bits per heavy atom. The lowest BCUT2D eigenvalue weighted by molar-refractivity contribution is -0.136. The van der Waals surface area contributed by atoms with Gasteiger partial charge >= 0.3 is 6.18 Å². The average Bonchev–Trinajstić information content (AvgIpc) is 2.65. The van der Waals surface area contributed by atoms with E-state index in [1.54, 1.807) is 0 Å². The highest BCUT2D eigenvalue weighted by Gasteiger charge is 2.35. The zero-order valence-corrected chi connectivity index (χ0v) is 9.00. The number of thiophene rings is 1. The van der Waals surface area contributed by atoms with E-state index in [9.17, 15) is 22.0 Å². The van der Waals surface area contributed by atoms with Crippen molar-refractivity contribution in [1.82, 2.24) is 0 Å². The van der Waals surface area contributed by atoms with Crippen molar-refractivity contribution < 1.29 is 22.0 Å². The first-order chi connectivity index (χ1) is 7.91. The molecule has 2 aromatic rings. The summed E-state index contributed by atoms with van der Waals surface area (Å²) in [5, 5.41) is 1.92. The standard InChI is InChI=1S/C11H5F5S/c12-8-2-1-3-9(13)10(8)6-4-17-5-7(6)11(14,15)16/h1-5H. The van der Waals surface area contributed by atoms with Crippen LogP contribution >= 0.6 is 11.3 Å². The molecule has 0 saturated carbocycles. The van der Waals surface area contributed by atoms with Crippen LogP contribution in [-0.4, -0.2) is 0 Å². The lowest BCUT2D eigenvalue weighted by Gasteiger charge is -2.09. The smallest absolute Gasteiger partial charge is 0.206 e. The Labute approximate surface area is 97.3 Å². The average molecular weight is 264 g/mol. The first kappa shape index (κ1) is 12.0. The van der Waals surface area contributed by atoms with Gasteiger partial charge in [0.15, 0.2) is 0 Å². The fraction of sp³-hybridized carbons (Fsp3) is 0.0909. The third kappa shape index (κ3) is 2.17. The van der Waals surface area contributed by atoms with Crippen LogP contribution in [0.2, 0.25) is 0 Å². The molecule has 1 aromatic heterocycles. The van der Waals surface area contributed by atoms with Crippen LogP contribution in [0, 0.1) is 11.6 Å². The van der Waals surface area contributed by atoms with Gasteiger partial charge in [-0.05, 0) is 17.5 Å². The fourth-order valence-electron chi connectivity index (χ4n) is 1.47. The van der Waals surface area contributed by atoms with Crippen LogP contribution in [-0.2, 0) is 6.18 Å². The van der Waals surface area contributed by atoms with Gasteiger partial charge in [0.1, 0.15) is 11.6 Å². The van der Waals surface area contributed by atoms with Crippen molar-refractivity contribution in [2.24, 2.45) is 0 Å². The Morgan fingerprint density at radius 1 is 0.941 bits per heavy atom. The summed E-state index contributed by atoms with van der Waals surface area (Å²) in [6.07, 6.45) is -4.62. The topological polar surface area (TPSA) is 0 Å². The van der Waals surface area contributed by atoms with Gasteiger partial charge in [-0.25, -0.2) is 8.78 Å². The predicted octanol–water partition coefficient (Wildman–Crippen LogP) is 4.71. The van der Waals surface area contributed by atoms with E-state index in [4.69, 9.17) is 0 Å². The van der Waals surface area contributed by atoms with Crippen LogP contribution in [0.5, 0.6) is 0 Å². The van der Waals surface area contributed by atoms with Crippen LogP contribution in [0.15, 0.2) is 29.0 Å². The molecule has 0 aliphatic rings. The van der Waals surface area contributed by atoms with E-state index in [-0.39, 0.29) is 0 Å². The van der Waals surface area contributed by atoms with Gasteiger partial charge in [-0.1, -0.05) is 6.07 Å². The molecule has 0 N–H and O–H groups in total. The first-order valence-corrected chi connectivity index (χ1v) is 5.43. The van der Waals surface area contributed by atoms with Gasteiger partial charge in [0, 0.05) is 10.9 Å². The van der Waals surface area contributed by atoms with Crippen LogP contribution in [0.25, 0.3) is 11.1 Å². The summed E-state index contributed by atoms with van der Waals surface area (Å²) in [5.74, 6) is -2.01.